The fourth-order valence-electron chi connectivity index (χ4n) is 3.23. The standard InChI is InChI=1S/C23H21ClN2O2/c1-27-20-7-4-6-17(16-20)23-25-21-8-2-3-9-22(21)26(23)14-5-15-28-19-12-10-18(24)11-13-19/h2-4,6-13,16H,5,14-15H2,1H3. The molecule has 5 heteroatoms. The number of rotatable bonds is 7. The topological polar surface area (TPSA) is 36.3 Å². The van der Waals surface area contributed by atoms with Crippen LogP contribution in [-0.4, -0.2) is 23.3 Å². The van der Waals surface area contributed by atoms with Crippen LogP contribution in [0.3, 0.4) is 0 Å². The second-order valence-corrected chi connectivity index (χ2v) is 6.90. The van der Waals surface area contributed by atoms with Gasteiger partial charge in [0.15, 0.2) is 0 Å². The second-order valence-electron chi connectivity index (χ2n) is 6.46. The molecule has 0 fully saturated rings. The van der Waals surface area contributed by atoms with Gasteiger partial charge in [-0.1, -0.05) is 35.9 Å². The minimum absolute atomic E-state index is 0.617. The molecule has 28 heavy (non-hydrogen) atoms. The van der Waals surface area contributed by atoms with Gasteiger partial charge >= 0.3 is 0 Å². The van der Waals surface area contributed by atoms with Crippen molar-refractivity contribution in [1.29, 1.82) is 0 Å². The van der Waals surface area contributed by atoms with E-state index in [-0.39, 0.29) is 0 Å². The van der Waals surface area contributed by atoms with E-state index >= 15 is 0 Å². The Bertz CT molecular complexity index is 1070. The number of fused-ring (bicyclic) bond motifs is 1. The van der Waals surface area contributed by atoms with Crippen molar-refractivity contribution in [3.63, 3.8) is 0 Å². The Morgan fingerprint density at radius 2 is 1.75 bits per heavy atom. The van der Waals surface area contributed by atoms with Crippen molar-refractivity contribution < 1.29 is 9.47 Å². The van der Waals surface area contributed by atoms with Crippen LogP contribution in [-0.2, 0) is 6.54 Å². The first kappa shape index (κ1) is 18.4. The maximum Gasteiger partial charge on any atom is 0.141 e. The van der Waals surface area contributed by atoms with E-state index in [0.717, 1.165) is 46.9 Å². The summed E-state index contributed by atoms with van der Waals surface area (Å²) in [5, 5.41) is 0.708. The Labute approximate surface area is 169 Å². The minimum Gasteiger partial charge on any atom is -0.497 e. The lowest BCUT2D eigenvalue weighted by Gasteiger charge is -2.11. The van der Waals surface area contributed by atoms with Crippen LogP contribution in [0.25, 0.3) is 22.4 Å². The van der Waals surface area contributed by atoms with E-state index in [4.69, 9.17) is 26.1 Å². The number of halogens is 1. The molecule has 1 aromatic heterocycles. The zero-order chi connectivity index (χ0) is 19.3. The molecule has 0 aliphatic carbocycles. The van der Waals surface area contributed by atoms with Crippen LogP contribution in [0, 0.1) is 0 Å². The van der Waals surface area contributed by atoms with Crippen molar-refractivity contribution >= 4 is 22.6 Å². The predicted molar refractivity (Wildman–Crippen MR) is 113 cm³/mol. The Morgan fingerprint density at radius 3 is 2.57 bits per heavy atom. The molecule has 4 aromatic rings. The highest BCUT2D eigenvalue weighted by molar-refractivity contribution is 6.30. The molecule has 0 aliphatic rings. The van der Waals surface area contributed by atoms with Gasteiger partial charge in [-0.25, -0.2) is 4.98 Å². The van der Waals surface area contributed by atoms with E-state index in [9.17, 15) is 0 Å². The highest BCUT2D eigenvalue weighted by Gasteiger charge is 2.13. The van der Waals surface area contributed by atoms with E-state index in [0.29, 0.717) is 11.6 Å². The van der Waals surface area contributed by atoms with Crippen molar-refractivity contribution in [3.8, 4) is 22.9 Å². The molecule has 0 atom stereocenters. The highest BCUT2D eigenvalue weighted by atomic mass is 35.5. The molecule has 0 bridgehead atoms. The summed E-state index contributed by atoms with van der Waals surface area (Å²) in [5.74, 6) is 2.58. The van der Waals surface area contributed by atoms with Crippen molar-refractivity contribution in [2.45, 2.75) is 13.0 Å². The van der Waals surface area contributed by atoms with Crippen molar-refractivity contribution in [2.24, 2.45) is 0 Å². The van der Waals surface area contributed by atoms with Crippen LogP contribution >= 0.6 is 11.6 Å². The zero-order valence-electron chi connectivity index (χ0n) is 15.6. The summed E-state index contributed by atoms with van der Waals surface area (Å²) in [6.45, 7) is 1.42. The van der Waals surface area contributed by atoms with Gasteiger partial charge in [-0.15, -0.1) is 0 Å². The number of aryl methyl sites for hydroxylation is 1. The monoisotopic (exact) mass is 392 g/mol. The average Bonchev–Trinajstić information content (AvgIpc) is 3.11. The van der Waals surface area contributed by atoms with Gasteiger partial charge < -0.3 is 14.0 Å². The molecule has 0 N–H and O–H groups in total. The number of methoxy groups -OCH3 is 1. The summed E-state index contributed by atoms with van der Waals surface area (Å²) in [6.07, 6.45) is 0.861. The molecular weight excluding hydrogens is 372 g/mol. The van der Waals surface area contributed by atoms with Gasteiger partial charge in [0, 0.05) is 17.1 Å². The number of hydrogen-bond acceptors (Lipinski definition) is 3. The Hall–Kier alpha value is -2.98. The first-order valence-corrected chi connectivity index (χ1v) is 9.60. The number of imidazole rings is 1. The van der Waals surface area contributed by atoms with E-state index < -0.39 is 0 Å². The number of ether oxygens (including phenoxy) is 2. The average molecular weight is 393 g/mol. The second kappa shape index (κ2) is 8.36. The van der Waals surface area contributed by atoms with Gasteiger partial charge in [0.25, 0.3) is 0 Å². The third-order valence-corrected chi connectivity index (χ3v) is 4.84. The molecule has 0 spiro atoms. The molecule has 1 heterocycles. The van der Waals surface area contributed by atoms with E-state index in [2.05, 4.69) is 16.7 Å². The first-order valence-electron chi connectivity index (χ1n) is 9.22. The predicted octanol–water partition coefficient (Wildman–Crippen LogP) is 5.83. The van der Waals surface area contributed by atoms with Gasteiger partial charge in [-0.2, -0.15) is 0 Å². The van der Waals surface area contributed by atoms with Crippen LogP contribution in [0.15, 0.2) is 72.8 Å². The van der Waals surface area contributed by atoms with Gasteiger partial charge in [0.05, 0.1) is 24.8 Å². The SMILES string of the molecule is COc1cccc(-c2nc3ccccc3n2CCCOc2ccc(Cl)cc2)c1. The quantitative estimate of drug-likeness (QED) is 0.371. The van der Waals surface area contributed by atoms with E-state index in [1.165, 1.54) is 0 Å². The summed E-state index contributed by atoms with van der Waals surface area (Å²) in [5.41, 5.74) is 3.14. The Kier molecular flexibility index (Phi) is 5.49. The Balaban J connectivity index is 1.55. The summed E-state index contributed by atoms with van der Waals surface area (Å²) in [6, 6.07) is 23.6. The van der Waals surface area contributed by atoms with Crippen molar-refractivity contribution in [2.75, 3.05) is 13.7 Å². The lowest BCUT2D eigenvalue weighted by Crippen LogP contribution is -2.06. The summed E-state index contributed by atoms with van der Waals surface area (Å²) in [7, 11) is 1.68. The summed E-state index contributed by atoms with van der Waals surface area (Å²) >= 11 is 5.92. The number of benzene rings is 3. The molecule has 0 amide bonds. The molecule has 4 nitrogen and oxygen atoms in total. The highest BCUT2D eigenvalue weighted by Crippen LogP contribution is 2.27. The summed E-state index contributed by atoms with van der Waals surface area (Å²) in [4.78, 5) is 4.86. The third-order valence-electron chi connectivity index (χ3n) is 4.59. The molecular formula is C23H21ClN2O2. The fourth-order valence-corrected chi connectivity index (χ4v) is 3.35. The summed E-state index contributed by atoms with van der Waals surface area (Å²) < 4.78 is 13.5. The van der Waals surface area contributed by atoms with Crippen LogP contribution in [0.4, 0.5) is 0 Å². The van der Waals surface area contributed by atoms with E-state index in [1.807, 2.05) is 60.7 Å². The minimum atomic E-state index is 0.617. The maximum atomic E-state index is 5.92. The third kappa shape index (κ3) is 3.97. The van der Waals surface area contributed by atoms with Crippen molar-refractivity contribution in [1.82, 2.24) is 9.55 Å². The molecule has 0 saturated carbocycles. The van der Waals surface area contributed by atoms with Crippen LogP contribution < -0.4 is 9.47 Å². The molecule has 3 aromatic carbocycles. The van der Waals surface area contributed by atoms with Gasteiger partial charge in [-0.3, -0.25) is 0 Å². The zero-order valence-corrected chi connectivity index (χ0v) is 16.4. The molecule has 4 rings (SSSR count). The molecule has 0 unspecified atom stereocenters. The lowest BCUT2D eigenvalue weighted by molar-refractivity contribution is 0.303. The molecule has 0 saturated heterocycles. The first-order chi connectivity index (χ1) is 13.7. The normalized spacial score (nSPS) is 10.9. The van der Waals surface area contributed by atoms with Gasteiger partial charge in [0.2, 0.25) is 0 Å². The molecule has 0 aliphatic heterocycles. The van der Waals surface area contributed by atoms with Crippen LogP contribution in [0.1, 0.15) is 6.42 Å². The lowest BCUT2D eigenvalue weighted by atomic mass is 10.2. The van der Waals surface area contributed by atoms with Gasteiger partial charge in [0.1, 0.15) is 17.3 Å². The number of nitrogens with zero attached hydrogens (tertiary/aromatic N) is 2. The fraction of sp³-hybridized carbons (Fsp3) is 0.174. The van der Waals surface area contributed by atoms with Gasteiger partial charge in [-0.05, 0) is 55.0 Å². The van der Waals surface area contributed by atoms with Crippen molar-refractivity contribution in [3.05, 3.63) is 77.8 Å². The Morgan fingerprint density at radius 1 is 0.929 bits per heavy atom. The number of para-hydroxylation sites is 2. The number of hydrogen-bond donors (Lipinski definition) is 0. The molecule has 0 radical (unpaired) electrons. The maximum absolute atomic E-state index is 5.92. The van der Waals surface area contributed by atoms with E-state index in [1.54, 1.807) is 7.11 Å². The number of aromatic nitrogens is 2. The van der Waals surface area contributed by atoms with Crippen LogP contribution in [0.5, 0.6) is 11.5 Å². The smallest absolute Gasteiger partial charge is 0.141 e. The molecule has 142 valence electrons. The van der Waals surface area contributed by atoms with Crippen LogP contribution in [0.2, 0.25) is 5.02 Å². The largest absolute Gasteiger partial charge is 0.497 e.